The van der Waals surface area contributed by atoms with E-state index in [2.05, 4.69) is 15.9 Å². The minimum absolute atomic E-state index is 0.0301. The third-order valence-electron chi connectivity index (χ3n) is 3.49. The van der Waals surface area contributed by atoms with Gasteiger partial charge in [0.05, 0.1) is 24.3 Å². The molecule has 0 aliphatic rings. The average Bonchev–Trinajstić information content (AvgIpc) is 2.56. The minimum atomic E-state index is -0.457. The molecule has 0 aliphatic carbocycles. The van der Waals surface area contributed by atoms with Crippen LogP contribution in [0.2, 0.25) is 5.02 Å². The van der Waals surface area contributed by atoms with Gasteiger partial charge in [-0.2, -0.15) is 0 Å². The number of carbonyl (C=O) groups is 1. The summed E-state index contributed by atoms with van der Waals surface area (Å²) in [5.74, 6) is 0.0855. The van der Waals surface area contributed by atoms with Crippen molar-refractivity contribution >= 4 is 33.4 Å². The average molecular weight is 417 g/mol. The molecule has 24 heavy (non-hydrogen) atoms. The van der Waals surface area contributed by atoms with E-state index in [-0.39, 0.29) is 23.0 Å². The highest BCUT2D eigenvalue weighted by molar-refractivity contribution is 9.10. The van der Waals surface area contributed by atoms with Gasteiger partial charge in [-0.1, -0.05) is 17.7 Å². The van der Waals surface area contributed by atoms with E-state index in [1.807, 2.05) is 0 Å². The topological polar surface area (TPSA) is 38.8 Å². The lowest BCUT2D eigenvalue weighted by Gasteiger charge is -2.20. The molecular formula is C17H16BrClFNO3. The Hall–Kier alpha value is -1.79. The largest absolute Gasteiger partial charge is 0.497 e. The fourth-order valence-electron chi connectivity index (χ4n) is 2.25. The van der Waals surface area contributed by atoms with Crippen molar-refractivity contribution in [1.82, 2.24) is 4.90 Å². The van der Waals surface area contributed by atoms with Crippen LogP contribution in [-0.2, 0) is 6.54 Å². The first kappa shape index (κ1) is 18.5. The van der Waals surface area contributed by atoms with Gasteiger partial charge < -0.3 is 14.4 Å². The van der Waals surface area contributed by atoms with Crippen molar-refractivity contribution in [3.05, 3.63) is 56.8 Å². The van der Waals surface area contributed by atoms with E-state index >= 15 is 0 Å². The molecule has 0 saturated carbocycles. The maximum atomic E-state index is 13.9. The fourth-order valence-corrected chi connectivity index (χ4v) is 3.07. The molecule has 0 bridgehead atoms. The van der Waals surface area contributed by atoms with Crippen molar-refractivity contribution in [3.63, 3.8) is 0 Å². The Kier molecular flexibility index (Phi) is 6.07. The van der Waals surface area contributed by atoms with E-state index in [1.165, 1.54) is 31.3 Å². The Bertz CT molecular complexity index is 749. The Balaban J connectivity index is 2.36. The number of amides is 1. The van der Waals surface area contributed by atoms with Gasteiger partial charge in [-0.25, -0.2) is 4.39 Å². The molecule has 0 heterocycles. The lowest BCUT2D eigenvalue weighted by atomic mass is 10.1. The van der Waals surface area contributed by atoms with Gasteiger partial charge in [0, 0.05) is 24.2 Å². The molecule has 128 valence electrons. The zero-order valence-corrected chi connectivity index (χ0v) is 15.7. The van der Waals surface area contributed by atoms with Gasteiger partial charge >= 0.3 is 0 Å². The van der Waals surface area contributed by atoms with E-state index in [4.69, 9.17) is 21.1 Å². The second kappa shape index (κ2) is 7.85. The number of benzene rings is 2. The molecule has 1 amide bonds. The number of halogens is 3. The van der Waals surface area contributed by atoms with Gasteiger partial charge in [0.2, 0.25) is 0 Å². The third kappa shape index (κ3) is 3.82. The predicted molar refractivity (Wildman–Crippen MR) is 94.5 cm³/mol. The zero-order chi connectivity index (χ0) is 17.9. The lowest BCUT2D eigenvalue weighted by Crippen LogP contribution is -2.27. The highest BCUT2D eigenvalue weighted by atomic mass is 79.9. The summed E-state index contributed by atoms with van der Waals surface area (Å²) in [6, 6.07) is 7.68. The quantitative estimate of drug-likeness (QED) is 0.719. The van der Waals surface area contributed by atoms with Crippen LogP contribution in [0.1, 0.15) is 15.9 Å². The van der Waals surface area contributed by atoms with E-state index in [0.717, 1.165) is 0 Å². The van der Waals surface area contributed by atoms with Gasteiger partial charge in [-0.15, -0.1) is 0 Å². The van der Waals surface area contributed by atoms with Crippen LogP contribution < -0.4 is 9.47 Å². The molecule has 2 rings (SSSR count). The first-order valence-electron chi connectivity index (χ1n) is 6.99. The number of hydrogen-bond donors (Lipinski definition) is 0. The van der Waals surface area contributed by atoms with Crippen molar-refractivity contribution < 1.29 is 18.7 Å². The maximum Gasteiger partial charge on any atom is 0.257 e. The van der Waals surface area contributed by atoms with Crippen molar-refractivity contribution in [3.8, 4) is 11.5 Å². The molecule has 4 nitrogen and oxygen atoms in total. The second-order valence-electron chi connectivity index (χ2n) is 5.05. The van der Waals surface area contributed by atoms with Crippen LogP contribution in [-0.4, -0.2) is 32.1 Å². The maximum absolute atomic E-state index is 13.9. The predicted octanol–water partition coefficient (Wildman–Crippen LogP) is 4.53. The smallest absolute Gasteiger partial charge is 0.257 e. The summed E-state index contributed by atoms with van der Waals surface area (Å²) in [6.45, 7) is 0.0301. The van der Waals surface area contributed by atoms with Crippen LogP contribution in [0.3, 0.4) is 0 Å². The van der Waals surface area contributed by atoms with Crippen molar-refractivity contribution in [2.45, 2.75) is 6.54 Å². The SMILES string of the molecule is COc1cc(Br)c(OC)c(C(=O)N(C)Cc2c(F)cccc2Cl)c1. The van der Waals surface area contributed by atoms with Crippen molar-refractivity contribution in [2.24, 2.45) is 0 Å². The Labute approximate surface area is 153 Å². The number of methoxy groups -OCH3 is 2. The van der Waals surface area contributed by atoms with Gasteiger partial charge in [0.25, 0.3) is 5.91 Å². The van der Waals surface area contributed by atoms with Gasteiger partial charge in [-0.3, -0.25) is 4.79 Å². The third-order valence-corrected chi connectivity index (χ3v) is 4.43. The summed E-state index contributed by atoms with van der Waals surface area (Å²) in [5, 5.41) is 0.272. The molecule has 2 aromatic carbocycles. The molecule has 0 radical (unpaired) electrons. The summed E-state index contributed by atoms with van der Waals surface area (Å²) < 4.78 is 25.0. The molecular weight excluding hydrogens is 401 g/mol. The van der Waals surface area contributed by atoms with E-state index < -0.39 is 5.82 Å². The van der Waals surface area contributed by atoms with Crippen LogP contribution >= 0.6 is 27.5 Å². The van der Waals surface area contributed by atoms with Gasteiger partial charge in [0.1, 0.15) is 17.3 Å². The van der Waals surface area contributed by atoms with Crippen LogP contribution in [0, 0.1) is 5.82 Å². The minimum Gasteiger partial charge on any atom is -0.497 e. The van der Waals surface area contributed by atoms with E-state index in [1.54, 1.807) is 25.2 Å². The number of carbonyl (C=O) groups excluding carboxylic acids is 1. The Morgan fingerprint density at radius 2 is 2.00 bits per heavy atom. The molecule has 0 spiro atoms. The summed E-state index contributed by atoms with van der Waals surface area (Å²) in [5.41, 5.74) is 0.564. The Morgan fingerprint density at radius 3 is 2.58 bits per heavy atom. The molecule has 0 saturated heterocycles. The van der Waals surface area contributed by atoms with Gasteiger partial charge in [0.15, 0.2) is 0 Å². The standard InChI is InChI=1S/C17H16BrClFNO3/c1-21(9-12-14(19)5-4-6-15(12)20)17(22)11-7-10(23-2)8-13(18)16(11)24-3/h4-8H,9H2,1-3H3. The Morgan fingerprint density at radius 1 is 1.29 bits per heavy atom. The van der Waals surface area contributed by atoms with Crippen molar-refractivity contribution in [2.75, 3.05) is 21.3 Å². The number of hydrogen-bond acceptors (Lipinski definition) is 3. The highest BCUT2D eigenvalue weighted by Gasteiger charge is 2.22. The molecule has 0 fully saturated rings. The normalized spacial score (nSPS) is 10.4. The van der Waals surface area contributed by atoms with Gasteiger partial charge in [-0.05, 0) is 40.2 Å². The first-order chi connectivity index (χ1) is 11.4. The zero-order valence-electron chi connectivity index (χ0n) is 13.4. The molecule has 7 heteroatoms. The van der Waals surface area contributed by atoms with E-state index in [0.29, 0.717) is 21.5 Å². The number of nitrogens with zero attached hydrogens (tertiary/aromatic N) is 1. The molecule has 0 aliphatic heterocycles. The monoisotopic (exact) mass is 415 g/mol. The highest BCUT2D eigenvalue weighted by Crippen LogP contribution is 2.34. The van der Waals surface area contributed by atoms with Crippen LogP contribution in [0.5, 0.6) is 11.5 Å². The van der Waals surface area contributed by atoms with Crippen LogP contribution in [0.4, 0.5) is 4.39 Å². The fraction of sp³-hybridized carbons (Fsp3) is 0.235. The molecule has 0 unspecified atom stereocenters. The van der Waals surface area contributed by atoms with Crippen LogP contribution in [0.25, 0.3) is 0 Å². The summed E-state index contributed by atoms with van der Waals surface area (Å²) in [4.78, 5) is 14.1. The van der Waals surface area contributed by atoms with Crippen molar-refractivity contribution in [1.29, 1.82) is 0 Å². The summed E-state index contributed by atoms with van der Waals surface area (Å²) in [6.07, 6.45) is 0. The lowest BCUT2D eigenvalue weighted by molar-refractivity contribution is 0.0780. The second-order valence-corrected chi connectivity index (χ2v) is 6.31. The molecule has 0 atom stereocenters. The van der Waals surface area contributed by atoms with E-state index in [9.17, 15) is 9.18 Å². The number of ether oxygens (including phenoxy) is 2. The molecule has 2 aromatic rings. The summed E-state index contributed by atoms with van der Waals surface area (Å²) >= 11 is 9.38. The summed E-state index contributed by atoms with van der Waals surface area (Å²) in [7, 11) is 4.54. The first-order valence-corrected chi connectivity index (χ1v) is 8.16. The molecule has 0 aromatic heterocycles. The van der Waals surface area contributed by atoms with Crippen LogP contribution in [0.15, 0.2) is 34.8 Å². The molecule has 0 N–H and O–H groups in total. The number of rotatable bonds is 5.